The molecule has 1 aliphatic heterocycles. The van der Waals surface area contributed by atoms with E-state index in [0.29, 0.717) is 37.7 Å². The number of carbonyl (C=O) groups excluding carboxylic acids is 2. The van der Waals surface area contributed by atoms with E-state index in [9.17, 15) is 9.59 Å². The number of hydrogen-bond acceptors (Lipinski definition) is 5. The first-order chi connectivity index (χ1) is 13.0. The summed E-state index contributed by atoms with van der Waals surface area (Å²) in [6, 6.07) is 12.7. The molecule has 0 radical (unpaired) electrons. The molecule has 0 saturated carbocycles. The molecule has 0 spiro atoms. The average molecular weight is 390 g/mol. The summed E-state index contributed by atoms with van der Waals surface area (Å²) in [6.45, 7) is 2.76. The van der Waals surface area contributed by atoms with Crippen molar-refractivity contribution < 1.29 is 23.8 Å². The molecule has 7 heteroatoms. The van der Waals surface area contributed by atoms with E-state index in [4.69, 9.17) is 25.8 Å². The van der Waals surface area contributed by atoms with Crippen molar-refractivity contribution in [2.45, 2.75) is 19.4 Å². The maximum absolute atomic E-state index is 12.3. The summed E-state index contributed by atoms with van der Waals surface area (Å²) in [5, 5.41) is 3.03. The Morgan fingerprint density at radius 3 is 2.70 bits per heavy atom. The number of hydrogen-bond donors (Lipinski definition) is 1. The Labute approximate surface area is 162 Å². The number of ether oxygens (including phenoxy) is 3. The van der Waals surface area contributed by atoms with E-state index in [1.165, 1.54) is 19.1 Å². The van der Waals surface area contributed by atoms with E-state index in [-0.39, 0.29) is 16.5 Å². The molecular weight excluding hydrogens is 370 g/mol. The number of benzene rings is 2. The van der Waals surface area contributed by atoms with Gasteiger partial charge in [0.15, 0.2) is 17.6 Å². The second-order valence-electron chi connectivity index (χ2n) is 6.06. The van der Waals surface area contributed by atoms with Gasteiger partial charge in [-0.25, -0.2) is 4.79 Å². The van der Waals surface area contributed by atoms with Gasteiger partial charge < -0.3 is 19.5 Å². The molecule has 6 nitrogen and oxygen atoms in total. The van der Waals surface area contributed by atoms with Crippen LogP contribution >= 0.6 is 11.6 Å². The van der Waals surface area contributed by atoms with Crippen molar-refractivity contribution in [3.63, 3.8) is 0 Å². The lowest BCUT2D eigenvalue weighted by molar-refractivity contribution is -0.129. The predicted molar refractivity (Wildman–Crippen MR) is 100 cm³/mol. The van der Waals surface area contributed by atoms with Crippen LogP contribution in [-0.4, -0.2) is 37.7 Å². The van der Waals surface area contributed by atoms with Crippen LogP contribution in [0.3, 0.4) is 0 Å². The zero-order chi connectivity index (χ0) is 19.2. The van der Waals surface area contributed by atoms with Gasteiger partial charge in [0.1, 0.15) is 13.2 Å². The number of rotatable bonds is 6. The van der Waals surface area contributed by atoms with E-state index in [1.807, 2.05) is 30.3 Å². The van der Waals surface area contributed by atoms with E-state index in [0.717, 1.165) is 5.56 Å². The molecule has 27 heavy (non-hydrogen) atoms. The van der Waals surface area contributed by atoms with Gasteiger partial charge in [-0.1, -0.05) is 41.9 Å². The lowest BCUT2D eigenvalue weighted by atomic mass is 10.1. The third-order valence-corrected chi connectivity index (χ3v) is 4.32. The average Bonchev–Trinajstić information content (AvgIpc) is 2.68. The summed E-state index contributed by atoms with van der Waals surface area (Å²) >= 11 is 6.13. The van der Waals surface area contributed by atoms with Crippen LogP contribution in [-0.2, 0) is 16.0 Å². The van der Waals surface area contributed by atoms with Gasteiger partial charge in [-0.05, 0) is 31.0 Å². The first kappa shape index (κ1) is 19.0. The van der Waals surface area contributed by atoms with Crippen molar-refractivity contribution in [3.05, 3.63) is 58.6 Å². The maximum Gasteiger partial charge on any atom is 0.339 e. The molecule has 2 aromatic carbocycles. The van der Waals surface area contributed by atoms with Gasteiger partial charge in [-0.2, -0.15) is 0 Å². The topological polar surface area (TPSA) is 73.9 Å². The lowest BCUT2D eigenvalue weighted by Crippen LogP contribution is -2.36. The van der Waals surface area contributed by atoms with Crippen LogP contribution in [0.5, 0.6) is 11.5 Å². The molecule has 0 bridgehead atoms. The second-order valence-corrected chi connectivity index (χ2v) is 6.46. The molecule has 0 saturated heterocycles. The third kappa shape index (κ3) is 4.92. The zero-order valence-electron chi connectivity index (χ0n) is 14.9. The highest BCUT2D eigenvalue weighted by molar-refractivity contribution is 6.32. The van der Waals surface area contributed by atoms with Gasteiger partial charge in [0.25, 0.3) is 5.91 Å². The third-order valence-electron chi connectivity index (χ3n) is 4.04. The molecule has 142 valence electrons. The van der Waals surface area contributed by atoms with Crippen LogP contribution in [0, 0.1) is 0 Å². The van der Waals surface area contributed by atoms with Crippen LogP contribution in [0.1, 0.15) is 22.8 Å². The molecule has 0 fully saturated rings. The zero-order valence-corrected chi connectivity index (χ0v) is 15.6. The molecule has 0 unspecified atom stereocenters. The van der Waals surface area contributed by atoms with Crippen molar-refractivity contribution in [2.75, 3.05) is 19.8 Å². The SMILES string of the molecule is C[C@H](OC(=O)c1cc(Cl)c2c(c1)OCCO2)C(=O)NCCc1ccccc1. The number of halogens is 1. The highest BCUT2D eigenvalue weighted by Crippen LogP contribution is 2.38. The Balaban J connectivity index is 1.54. The van der Waals surface area contributed by atoms with E-state index < -0.39 is 12.1 Å². The first-order valence-corrected chi connectivity index (χ1v) is 9.04. The Morgan fingerprint density at radius 2 is 1.93 bits per heavy atom. The fraction of sp³-hybridized carbons (Fsp3) is 0.300. The quantitative estimate of drug-likeness (QED) is 0.769. The number of esters is 1. The predicted octanol–water partition coefficient (Wildman–Crippen LogP) is 3.02. The Morgan fingerprint density at radius 1 is 1.19 bits per heavy atom. The Bertz CT molecular complexity index is 825. The monoisotopic (exact) mass is 389 g/mol. The summed E-state index contributed by atoms with van der Waals surface area (Å²) in [7, 11) is 0. The fourth-order valence-corrected chi connectivity index (χ4v) is 2.89. The largest absolute Gasteiger partial charge is 0.486 e. The Kier molecular flexibility index (Phi) is 6.19. The highest BCUT2D eigenvalue weighted by Gasteiger charge is 2.23. The van der Waals surface area contributed by atoms with Crippen molar-refractivity contribution in [1.29, 1.82) is 0 Å². The summed E-state index contributed by atoms with van der Waals surface area (Å²) in [5.41, 5.74) is 1.32. The maximum atomic E-state index is 12.3. The molecule has 1 aliphatic rings. The minimum Gasteiger partial charge on any atom is -0.486 e. The smallest absolute Gasteiger partial charge is 0.339 e. The molecule has 1 atom stereocenters. The molecule has 3 rings (SSSR count). The number of nitrogens with one attached hydrogen (secondary N) is 1. The normalized spacial score (nSPS) is 13.6. The molecule has 1 N–H and O–H groups in total. The van der Waals surface area contributed by atoms with Crippen LogP contribution in [0.15, 0.2) is 42.5 Å². The second kappa shape index (κ2) is 8.77. The van der Waals surface area contributed by atoms with Gasteiger partial charge in [-0.15, -0.1) is 0 Å². The van der Waals surface area contributed by atoms with E-state index in [1.54, 1.807) is 0 Å². The molecule has 0 aliphatic carbocycles. The van der Waals surface area contributed by atoms with Crippen molar-refractivity contribution in [2.24, 2.45) is 0 Å². The number of amides is 1. The Hall–Kier alpha value is -2.73. The molecule has 1 amide bonds. The molecule has 0 aromatic heterocycles. The van der Waals surface area contributed by atoms with E-state index >= 15 is 0 Å². The van der Waals surface area contributed by atoms with Crippen LogP contribution in [0.2, 0.25) is 5.02 Å². The summed E-state index contributed by atoms with van der Waals surface area (Å²) < 4.78 is 16.1. The van der Waals surface area contributed by atoms with Gasteiger partial charge in [0, 0.05) is 6.54 Å². The van der Waals surface area contributed by atoms with Crippen LogP contribution in [0.4, 0.5) is 0 Å². The minimum absolute atomic E-state index is 0.202. The number of carbonyl (C=O) groups is 2. The van der Waals surface area contributed by atoms with E-state index in [2.05, 4.69) is 5.32 Å². The summed E-state index contributed by atoms with van der Waals surface area (Å²) in [6.07, 6.45) is -0.231. The van der Waals surface area contributed by atoms with Crippen molar-refractivity contribution in [3.8, 4) is 11.5 Å². The fourth-order valence-electron chi connectivity index (χ4n) is 2.63. The summed E-state index contributed by atoms with van der Waals surface area (Å²) in [5.74, 6) is -0.214. The van der Waals surface area contributed by atoms with Crippen molar-refractivity contribution in [1.82, 2.24) is 5.32 Å². The molecular formula is C20H20ClNO5. The number of fused-ring (bicyclic) bond motifs is 1. The summed E-state index contributed by atoms with van der Waals surface area (Å²) in [4.78, 5) is 24.5. The minimum atomic E-state index is -0.930. The standard InChI is InChI=1S/C20H20ClNO5/c1-13(19(23)22-8-7-14-5-3-2-4-6-14)27-20(24)15-11-16(21)18-17(12-15)25-9-10-26-18/h2-6,11-13H,7-10H2,1H3,(H,22,23)/t13-/m0/s1. The van der Waals surface area contributed by atoms with Gasteiger partial charge in [0.2, 0.25) is 0 Å². The van der Waals surface area contributed by atoms with Gasteiger partial charge in [0.05, 0.1) is 10.6 Å². The van der Waals surface area contributed by atoms with Crippen LogP contribution in [0.25, 0.3) is 0 Å². The van der Waals surface area contributed by atoms with Gasteiger partial charge >= 0.3 is 5.97 Å². The van der Waals surface area contributed by atoms with Gasteiger partial charge in [-0.3, -0.25) is 4.79 Å². The molecule has 1 heterocycles. The van der Waals surface area contributed by atoms with Crippen molar-refractivity contribution >= 4 is 23.5 Å². The molecule has 2 aromatic rings. The first-order valence-electron chi connectivity index (χ1n) is 8.66. The lowest BCUT2D eigenvalue weighted by Gasteiger charge is -2.20. The van der Waals surface area contributed by atoms with Crippen LogP contribution < -0.4 is 14.8 Å². The highest BCUT2D eigenvalue weighted by atomic mass is 35.5.